The van der Waals surface area contributed by atoms with Crippen LogP contribution in [0.25, 0.3) is 0 Å². The number of carbonyl (C=O) groups excluding carboxylic acids is 2. The highest BCUT2D eigenvalue weighted by atomic mass is 35.5. The standard InChI is InChI=1S/C20H22ClN3O2/c1-20(10-11-20)18(25)22-12-15-4-8-17(9-5-15)24-19(26)23-13-14-2-6-16(21)7-3-14/h2-9H,10-13H2,1H3,(H,22,25)(H2,23,24,26). The van der Waals surface area contributed by atoms with Crippen LogP contribution in [-0.2, 0) is 17.9 Å². The molecule has 2 aromatic carbocycles. The summed E-state index contributed by atoms with van der Waals surface area (Å²) in [5.41, 5.74) is 2.50. The number of hydrogen-bond donors (Lipinski definition) is 3. The van der Waals surface area contributed by atoms with E-state index in [4.69, 9.17) is 11.6 Å². The average molecular weight is 372 g/mol. The number of urea groups is 1. The molecule has 136 valence electrons. The molecule has 5 nitrogen and oxygen atoms in total. The fraction of sp³-hybridized carbons (Fsp3) is 0.300. The van der Waals surface area contributed by atoms with E-state index in [1.807, 2.05) is 43.3 Å². The number of halogens is 1. The molecular formula is C20H22ClN3O2. The van der Waals surface area contributed by atoms with Gasteiger partial charge in [-0.3, -0.25) is 4.79 Å². The van der Waals surface area contributed by atoms with E-state index in [-0.39, 0.29) is 17.4 Å². The van der Waals surface area contributed by atoms with Crippen molar-refractivity contribution >= 4 is 29.2 Å². The summed E-state index contributed by atoms with van der Waals surface area (Å²) in [7, 11) is 0. The van der Waals surface area contributed by atoms with Gasteiger partial charge in [0.1, 0.15) is 0 Å². The van der Waals surface area contributed by atoms with E-state index >= 15 is 0 Å². The van der Waals surface area contributed by atoms with Crippen molar-refractivity contribution in [2.75, 3.05) is 5.32 Å². The van der Waals surface area contributed by atoms with Crippen LogP contribution >= 0.6 is 11.6 Å². The van der Waals surface area contributed by atoms with Crippen molar-refractivity contribution in [3.8, 4) is 0 Å². The maximum absolute atomic E-state index is 12.0. The lowest BCUT2D eigenvalue weighted by molar-refractivity contribution is -0.125. The molecule has 26 heavy (non-hydrogen) atoms. The lowest BCUT2D eigenvalue weighted by atomic mass is 10.1. The fourth-order valence-electron chi connectivity index (χ4n) is 2.48. The van der Waals surface area contributed by atoms with Gasteiger partial charge in [-0.15, -0.1) is 0 Å². The highest BCUT2D eigenvalue weighted by Crippen LogP contribution is 2.45. The SMILES string of the molecule is CC1(C(=O)NCc2ccc(NC(=O)NCc3ccc(Cl)cc3)cc2)CC1. The first-order chi connectivity index (χ1) is 12.4. The van der Waals surface area contributed by atoms with Crippen molar-refractivity contribution < 1.29 is 9.59 Å². The number of anilines is 1. The molecule has 0 radical (unpaired) electrons. The molecule has 1 aliphatic rings. The number of amides is 3. The Balaban J connectivity index is 1.43. The smallest absolute Gasteiger partial charge is 0.319 e. The summed E-state index contributed by atoms with van der Waals surface area (Å²) in [6.45, 7) is 2.90. The van der Waals surface area contributed by atoms with Crippen LogP contribution in [0.3, 0.4) is 0 Å². The van der Waals surface area contributed by atoms with Crippen LogP contribution in [-0.4, -0.2) is 11.9 Å². The van der Waals surface area contributed by atoms with Gasteiger partial charge in [0, 0.05) is 29.2 Å². The molecule has 3 N–H and O–H groups in total. The fourth-order valence-corrected chi connectivity index (χ4v) is 2.60. The van der Waals surface area contributed by atoms with Gasteiger partial charge in [0.15, 0.2) is 0 Å². The Morgan fingerprint density at radius 1 is 0.923 bits per heavy atom. The number of carbonyl (C=O) groups is 2. The predicted molar refractivity (Wildman–Crippen MR) is 103 cm³/mol. The van der Waals surface area contributed by atoms with Crippen LogP contribution in [0.1, 0.15) is 30.9 Å². The molecule has 0 aromatic heterocycles. The van der Waals surface area contributed by atoms with Gasteiger partial charge < -0.3 is 16.0 Å². The number of hydrogen-bond acceptors (Lipinski definition) is 2. The van der Waals surface area contributed by atoms with Gasteiger partial charge in [-0.05, 0) is 48.2 Å². The largest absolute Gasteiger partial charge is 0.352 e. The Morgan fingerprint density at radius 3 is 2.04 bits per heavy atom. The number of benzene rings is 2. The molecule has 0 aliphatic heterocycles. The molecule has 1 aliphatic carbocycles. The summed E-state index contributed by atoms with van der Waals surface area (Å²) >= 11 is 5.84. The molecule has 0 spiro atoms. The third-order valence-corrected chi connectivity index (χ3v) is 4.83. The highest BCUT2D eigenvalue weighted by molar-refractivity contribution is 6.30. The van der Waals surface area contributed by atoms with E-state index in [9.17, 15) is 9.59 Å². The van der Waals surface area contributed by atoms with Crippen molar-refractivity contribution in [2.45, 2.75) is 32.9 Å². The van der Waals surface area contributed by atoms with E-state index in [1.165, 1.54) is 0 Å². The Bertz CT molecular complexity index is 784. The Labute approximate surface area is 158 Å². The molecule has 0 bridgehead atoms. The van der Waals surface area contributed by atoms with E-state index < -0.39 is 0 Å². The third kappa shape index (κ3) is 4.99. The second-order valence-corrected chi connectivity index (χ2v) is 7.31. The molecule has 0 heterocycles. The van der Waals surface area contributed by atoms with Crippen LogP contribution in [0.4, 0.5) is 10.5 Å². The van der Waals surface area contributed by atoms with Crippen molar-refractivity contribution in [1.29, 1.82) is 0 Å². The topological polar surface area (TPSA) is 70.2 Å². The molecule has 2 aromatic rings. The summed E-state index contributed by atoms with van der Waals surface area (Å²) in [5, 5.41) is 9.20. The van der Waals surface area contributed by atoms with Crippen LogP contribution in [0.15, 0.2) is 48.5 Å². The minimum Gasteiger partial charge on any atom is -0.352 e. The van der Waals surface area contributed by atoms with Gasteiger partial charge in [-0.1, -0.05) is 42.8 Å². The molecular weight excluding hydrogens is 350 g/mol. The zero-order valence-electron chi connectivity index (χ0n) is 14.6. The summed E-state index contributed by atoms with van der Waals surface area (Å²) < 4.78 is 0. The average Bonchev–Trinajstić information content (AvgIpc) is 3.39. The number of rotatable bonds is 6. The Morgan fingerprint density at radius 2 is 1.46 bits per heavy atom. The van der Waals surface area contributed by atoms with E-state index in [0.717, 1.165) is 24.0 Å². The minimum atomic E-state index is -0.275. The van der Waals surface area contributed by atoms with Gasteiger partial charge in [0.05, 0.1) is 0 Å². The molecule has 0 saturated heterocycles. The molecule has 6 heteroatoms. The molecule has 1 saturated carbocycles. The monoisotopic (exact) mass is 371 g/mol. The summed E-state index contributed by atoms with van der Waals surface area (Å²) in [6.07, 6.45) is 1.93. The Kier molecular flexibility index (Phi) is 5.47. The first-order valence-corrected chi connectivity index (χ1v) is 8.99. The molecule has 1 fully saturated rings. The first kappa shape index (κ1) is 18.3. The summed E-state index contributed by atoms with van der Waals surface area (Å²) in [5.74, 6) is 0.112. The van der Waals surface area contributed by atoms with Crippen molar-refractivity contribution in [3.63, 3.8) is 0 Å². The minimum absolute atomic E-state index is 0.112. The van der Waals surface area contributed by atoms with Crippen molar-refractivity contribution in [2.24, 2.45) is 5.41 Å². The maximum Gasteiger partial charge on any atom is 0.319 e. The van der Waals surface area contributed by atoms with Crippen LogP contribution < -0.4 is 16.0 Å². The zero-order chi connectivity index (χ0) is 18.6. The van der Waals surface area contributed by atoms with Crippen LogP contribution in [0, 0.1) is 5.41 Å². The molecule has 0 atom stereocenters. The zero-order valence-corrected chi connectivity index (χ0v) is 15.4. The van der Waals surface area contributed by atoms with Gasteiger partial charge in [0.25, 0.3) is 0 Å². The van der Waals surface area contributed by atoms with Crippen molar-refractivity contribution in [3.05, 3.63) is 64.7 Å². The third-order valence-electron chi connectivity index (χ3n) is 4.58. The van der Waals surface area contributed by atoms with Gasteiger partial charge >= 0.3 is 6.03 Å². The lowest BCUT2D eigenvalue weighted by Gasteiger charge is -2.11. The number of nitrogens with one attached hydrogen (secondary N) is 3. The van der Waals surface area contributed by atoms with E-state index in [2.05, 4.69) is 16.0 Å². The summed E-state index contributed by atoms with van der Waals surface area (Å²) in [6, 6.07) is 14.5. The summed E-state index contributed by atoms with van der Waals surface area (Å²) in [4.78, 5) is 23.9. The van der Waals surface area contributed by atoms with Gasteiger partial charge in [0.2, 0.25) is 5.91 Å². The van der Waals surface area contributed by atoms with Gasteiger partial charge in [-0.2, -0.15) is 0 Å². The quantitative estimate of drug-likeness (QED) is 0.716. The maximum atomic E-state index is 12.0. The lowest BCUT2D eigenvalue weighted by Crippen LogP contribution is -2.29. The van der Waals surface area contributed by atoms with Crippen LogP contribution in [0.5, 0.6) is 0 Å². The second kappa shape index (κ2) is 7.79. The Hall–Kier alpha value is -2.53. The normalized spacial score (nSPS) is 14.4. The van der Waals surface area contributed by atoms with E-state index in [1.54, 1.807) is 12.1 Å². The molecule has 0 unspecified atom stereocenters. The van der Waals surface area contributed by atoms with Crippen molar-refractivity contribution in [1.82, 2.24) is 10.6 Å². The van der Waals surface area contributed by atoms with Gasteiger partial charge in [-0.25, -0.2) is 4.79 Å². The second-order valence-electron chi connectivity index (χ2n) is 6.87. The first-order valence-electron chi connectivity index (χ1n) is 8.61. The van der Waals surface area contributed by atoms with Crippen LogP contribution in [0.2, 0.25) is 5.02 Å². The molecule has 3 rings (SSSR count). The predicted octanol–water partition coefficient (Wildman–Crippen LogP) is 4.08. The van der Waals surface area contributed by atoms with E-state index in [0.29, 0.717) is 23.8 Å². The highest BCUT2D eigenvalue weighted by Gasteiger charge is 2.44. The molecule has 3 amide bonds.